The molecule has 0 radical (unpaired) electrons. The summed E-state index contributed by atoms with van der Waals surface area (Å²) in [6, 6.07) is 0. The first-order chi connectivity index (χ1) is 12.5. The quantitative estimate of drug-likeness (QED) is 0.182. The van der Waals surface area contributed by atoms with Gasteiger partial charge in [-0.2, -0.15) is 13.2 Å². The van der Waals surface area contributed by atoms with Gasteiger partial charge in [0.1, 0.15) is 6.61 Å². The highest BCUT2D eigenvalue weighted by Crippen LogP contribution is 2.64. The van der Waals surface area contributed by atoms with Crippen LogP contribution < -0.4 is 0 Å². The maximum absolute atomic E-state index is 13.6. The Kier molecular flexibility index (Phi) is 5.91. The lowest BCUT2D eigenvalue weighted by Gasteiger charge is -2.23. The summed E-state index contributed by atoms with van der Waals surface area (Å²) < 4.78 is 106. The number of esters is 1. The highest BCUT2D eigenvalue weighted by Gasteiger charge is 2.67. The van der Waals surface area contributed by atoms with E-state index < -0.39 is 81.4 Å². The number of alkyl halides is 5. The highest BCUT2D eigenvalue weighted by atomic mass is 35.5. The third-order valence-corrected chi connectivity index (χ3v) is 5.59. The normalized spacial score (nSPS) is 21.6. The van der Waals surface area contributed by atoms with E-state index in [1.54, 1.807) is 0 Å². The summed E-state index contributed by atoms with van der Waals surface area (Å²) in [7, 11) is 0. The molecule has 2 rings (SSSR count). The van der Waals surface area contributed by atoms with Crippen molar-refractivity contribution in [3.63, 3.8) is 0 Å². The van der Waals surface area contributed by atoms with Gasteiger partial charge < -0.3 is 4.74 Å². The zero-order valence-electron chi connectivity index (χ0n) is 14.2. The van der Waals surface area contributed by atoms with Crippen LogP contribution in [-0.2, 0) is 16.1 Å². The summed E-state index contributed by atoms with van der Waals surface area (Å²) in [5.41, 5.74) is -2.41. The number of benzene rings is 1. The summed E-state index contributed by atoms with van der Waals surface area (Å²) in [5.74, 6) is -14.5. The molecule has 1 aliphatic carbocycles. The Morgan fingerprint density at radius 3 is 1.82 bits per heavy atom. The van der Waals surface area contributed by atoms with Gasteiger partial charge in [-0.3, -0.25) is 4.79 Å². The van der Waals surface area contributed by atoms with Crippen LogP contribution in [0.2, 0.25) is 0 Å². The van der Waals surface area contributed by atoms with Crippen LogP contribution in [0.25, 0.3) is 0 Å². The van der Waals surface area contributed by atoms with Gasteiger partial charge in [0.15, 0.2) is 23.3 Å². The van der Waals surface area contributed by atoms with Gasteiger partial charge in [-0.1, -0.05) is 37.0 Å². The van der Waals surface area contributed by atoms with Crippen molar-refractivity contribution in [3.05, 3.63) is 34.6 Å². The van der Waals surface area contributed by atoms with Gasteiger partial charge >= 0.3 is 12.1 Å². The number of ether oxygens (including phenoxy) is 1. The number of halogens is 10. The first kappa shape index (κ1) is 23.0. The molecule has 158 valence electrons. The van der Waals surface area contributed by atoms with E-state index in [4.69, 9.17) is 23.2 Å². The van der Waals surface area contributed by atoms with Gasteiger partial charge in [0, 0.05) is 0 Å². The zero-order chi connectivity index (χ0) is 21.8. The standard InChI is InChI=1S/C16H12Cl2F8O2/c1-14(2)6(3-15(17,18)16(24,25)26)7(14)13(27)28-4-5-8(19)10(21)12(23)11(22)9(5)20/h6-7H,3-4H2,1-2H3/t6-,7+/m0/s1. The SMILES string of the molecule is CC1(C)[C@@H](CC(Cl)(Cl)C(F)(F)F)[C@@H]1C(=O)OCc1c(F)c(F)c(F)c(F)c1F. The molecule has 1 saturated carbocycles. The van der Waals surface area contributed by atoms with E-state index in [1.165, 1.54) is 13.8 Å². The van der Waals surface area contributed by atoms with Crippen molar-refractivity contribution < 1.29 is 44.7 Å². The van der Waals surface area contributed by atoms with E-state index in [1.807, 2.05) is 0 Å². The summed E-state index contributed by atoms with van der Waals surface area (Å²) in [4.78, 5) is 12.1. The number of carbonyl (C=O) groups excluding carboxylic acids is 1. The van der Waals surface area contributed by atoms with Gasteiger partial charge in [0.25, 0.3) is 0 Å². The Hall–Kier alpha value is -1.29. The summed E-state index contributed by atoms with van der Waals surface area (Å²) in [6.07, 6.45) is -5.83. The number of rotatable bonds is 5. The van der Waals surface area contributed by atoms with Crippen LogP contribution in [-0.4, -0.2) is 16.5 Å². The molecule has 0 amide bonds. The Bertz CT molecular complexity index is 778. The fourth-order valence-electron chi connectivity index (χ4n) is 3.00. The maximum atomic E-state index is 13.6. The van der Waals surface area contributed by atoms with Crippen LogP contribution in [0.3, 0.4) is 0 Å². The van der Waals surface area contributed by atoms with Gasteiger partial charge in [0.05, 0.1) is 11.5 Å². The molecule has 1 aromatic rings. The van der Waals surface area contributed by atoms with Crippen molar-refractivity contribution in [2.45, 2.75) is 37.4 Å². The third-order valence-electron chi connectivity index (χ3n) is 4.85. The van der Waals surface area contributed by atoms with Crippen molar-refractivity contribution in [2.75, 3.05) is 0 Å². The molecule has 1 aliphatic rings. The second-order valence-electron chi connectivity index (χ2n) is 6.97. The minimum absolute atomic E-state index is 0.852. The van der Waals surface area contributed by atoms with Crippen molar-refractivity contribution in [1.29, 1.82) is 0 Å². The molecule has 0 heterocycles. The second-order valence-corrected chi connectivity index (χ2v) is 8.45. The minimum atomic E-state index is -4.97. The predicted octanol–water partition coefficient (Wildman–Crippen LogP) is 5.82. The molecule has 0 spiro atoms. The molecular weight excluding hydrogens is 447 g/mol. The summed E-state index contributed by atoms with van der Waals surface area (Å²) in [6.45, 7) is 1.54. The molecule has 28 heavy (non-hydrogen) atoms. The molecule has 2 nitrogen and oxygen atoms in total. The molecule has 12 heteroatoms. The maximum Gasteiger partial charge on any atom is 0.421 e. The average molecular weight is 459 g/mol. The van der Waals surface area contributed by atoms with Crippen molar-refractivity contribution in [2.24, 2.45) is 17.3 Å². The first-order valence-corrected chi connectivity index (χ1v) is 8.41. The Morgan fingerprint density at radius 2 is 1.39 bits per heavy atom. The molecule has 2 atom stereocenters. The fourth-order valence-corrected chi connectivity index (χ4v) is 3.33. The van der Waals surface area contributed by atoms with Gasteiger partial charge in [-0.05, 0) is 17.8 Å². The van der Waals surface area contributed by atoms with E-state index in [2.05, 4.69) is 4.74 Å². The largest absolute Gasteiger partial charge is 0.460 e. The van der Waals surface area contributed by atoms with E-state index in [0.717, 1.165) is 0 Å². The molecule has 1 fully saturated rings. The van der Waals surface area contributed by atoms with Crippen LogP contribution in [0, 0.1) is 46.3 Å². The van der Waals surface area contributed by atoms with Crippen LogP contribution in [0.1, 0.15) is 25.8 Å². The van der Waals surface area contributed by atoms with Gasteiger partial charge in [-0.25, -0.2) is 22.0 Å². The van der Waals surface area contributed by atoms with Crippen LogP contribution in [0.15, 0.2) is 0 Å². The molecule has 0 aliphatic heterocycles. The zero-order valence-corrected chi connectivity index (χ0v) is 15.7. The van der Waals surface area contributed by atoms with E-state index in [0.29, 0.717) is 0 Å². The third kappa shape index (κ3) is 3.90. The minimum Gasteiger partial charge on any atom is -0.460 e. The number of hydrogen-bond donors (Lipinski definition) is 0. The second kappa shape index (κ2) is 7.19. The molecular formula is C16H12Cl2F8O2. The molecule has 0 unspecified atom stereocenters. The van der Waals surface area contributed by atoms with E-state index in [9.17, 15) is 39.9 Å². The topological polar surface area (TPSA) is 26.3 Å². The molecule has 0 aromatic heterocycles. The van der Waals surface area contributed by atoms with Crippen molar-refractivity contribution in [1.82, 2.24) is 0 Å². The number of hydrogen-bond acceptors (Lipinski definition) is 2. The van der Waals surface area contributed by atoms with Gasteiger partial charge in [-0.15, -0.1) is 0 Å². The van der Waals surface area contributed by atoms with Crippen molar-refractivity contribution in [3.8, 4) is 0 Å². The summed E-state index contributed by atoms with van der Waals surface area (Å²) in [5, 5.41) is 0. The Labute approximate surface area is 163 Å². The predicted molar refractivity (Wildman–Crippen MR) is 81.9 cm³/mol. The first-order valence-electron chi connectivity index (χ1n) is 7.65. The molecule has 0 bridgehead atoms. The lowest BCUT2D eigenvalue weighted by Crippen LogP contribution is -2.35. The van der Waals surface area contributed by atoms with Crippen LogP contribution in [0.5, 0.6) is 0 Å². The van der Waals surface area contributed by atoms with Crippen molar-refractivity contribution >= 4 is 29.2 Å². The van der Waals surface area contributed by atoms with E-state index in [-0.39, 0.29) is 0 Å². The summed E-state index contributed by atoms with van der Waals surface area (Å²) >= 11 is 10.6. The smallest absolute Gasteiger partial charge is 0.421 e. The Balaban J connectivity index is 2.13. The lowest BCUT2D eigenvalue weighted by molar-refractivity contribution is -0.150. The number of carbonyl (C=O) groups is 1. The van der Waals surface area contributed by atoms with Crippen LogP contribution in [0.4, 0.5) is 35.1 Å². The highest BCUT2D eigenvalue weighted by molar-refractivity contribution is 6.49. The van der Waals surface area contributed by atoms with E-state index >= 15 is 0 Å². The average Bonchev–Trinajstić information content (AvgIpc) is 3.09. The fraction of sp³-hybridized carbons (Fsp3) is 0.562. The lowest BCUT2D eigenvalue weighted by atomic mass is 10.1. The Morgan fingerprint density at radius 1 is 0.964 bits per heavy atom. The molecule has 0 N–H and O–H groups in total. The molecule has 0 saturated heterocycles. The van der Waals surface area contributed by atoms with Crippen LogP contribution >= 0.6 is 23.2 Å². The van der Waals surface area contributed by atoms with Gasteiger partial charge in [0.2, 0.25) is 10.2 Å². The molecule has 1 aromatic carbocycles. The monoisotopic (exact) mass is 458 g/mol.